The number of likely N-dealkylation sites (tertiary alicyclic amines) is 2. The molecule has 11 rings (SSSR count). The maximum absolute atomic E-state index is 13.1. The summed E-state index contributed by atoms with van der Waals surface area (Å²) in [4.78, 5) is 33.9. The van der Waals surface area contributed by atoms with Crippen molar-refractivity contribution in [3.8, 4) is 34.2 Å². The van der Waals surface area contributed by atoms with Crippen LogP contribution in [-0.4, -0.2) is 121 Å². The number of nitrogens with one attached hydrogen (secondary N) is 2. The maximum atomic E-state index is 13.1. The zero-order valence-corrected chi connectivity index (χ0v) is 35.2. The third kappa shape index (κ3) is 8.40. The van der Waals surface area contributed by atoms with Gasteiger partial charge in [0.05, 0.1) is 47.2 Å². The van der Waals surface area contributed by atoms with Gasteiger partial charge in [-0.05, 0) is 92.3 Å². The topological polar surface area (TPSA) is 186 Å². The average Bonchev–Trinajstić information content (AvgIpc) is 4.22. The molecule has 2 fully saturated rings. The van der Waals surface area contributed by atoms with Crippen LogP contribution in [0.3, 0.4) is 0 Å². The number of benzene rings is 4. The lowest BCUT2D eigenvalue weighted by atomic mass is 9.97. The van der Waals surface area contributed by atoms with Crippen molar-refractivity contribution in [3.05, 3.63) is 139 Å². The van der Waals surface area contributed by atoms with Crippen molar-refractivity contribution in [3.63, 3.8) is 0 Å². The summed E-state index contributed by atoms with van der Waals surface area (Å²) in [6, 6.07) is 30.8. The Hall–Kier alpha value is -7.79. The van der Waals surface area contributed by atoms with Gasteiger partial charge in [0, 0.05) is 74.1 Å². The number of amides is 2. The van der Waals surface area contributed by atoms with E-state index in [0.29, 0.717) is 35.0 Å². The largest absolute Gasteiger partial charge is 0.380 e. The predicted molar refractivity (Wildman–Crippen MR) is 240 cm³/mol. The van der Waals surface area contributed by atoms with E-state index in [1.165, 1.54) is 0 Å². The van der Waals surface area contributed by atoms with Gasteiger partial charge in [0.15, 0.2) is 0 Å². The number of piperidine rings is 2. The molecule has 0 spiro atoms. The van der Waals surface area contributed by atoms with Crippen LogP contribution in [0.4, 0.5) is 0 Å². The summed E-state index contributed by atoms with van der Waals surface area (Å²) in [5.74, 6) is 0.549. The van der Waals surface area contributed by atoms with Gasteiger partial charge in [0.2, 0.25) is 0 Å². The number of nitrogens with zero attached hydrogens (tertiary/aromatic N) is 12. The van der Waals surface area contributed by atoms with E-state index in [1.807, 2.05) is 132 Å². The summed E-state index contributed by atoms with van der Waals surface area (Å²) in [6.45, 7) is 3.86. The first-order valence-corrected chi connectivity index (χ1v) is 21.5. The van der Waals surface area contributed by atoms with E-state index in [4.69, 9.17) is 4.74 Å². The first kappa shape index (κ1) is 40.3. The van der Waals surface area contributed by atoms with Crippen LogP contribution in [0.25, 0.3) is 56.0 Å². The molecule has 322 valence electrons. The molecule has 0 saturated carbocycles. The van der Waals surface area contributed by atoms with Gasteiger partial charge >= 0.3 is 0 Å². The number of ether oxygens (including phenoxy) is 1. The van der Waals surface area contributed by atoms with Gasteiger partial charge in [-0.3, -0.25) is 19.8 Å². The number of fused-ring (bicyclic) bond motifs is 2. The SMILES string of the molecule is COC1CCCN(C(=O)c2ccc(-n3cc(-c4n[nH]c5ccccc45)nn3)cc2)C1.O=C(c1ccc(-n2cc(-c3n[nH]c4ccccc34)nn2)cc1)N1CCCC(Cn2ccnc2)C1. The van der Waals surface area contributed by atoms with E-state index in [1.54, 1.807) is 22.7 Å². The van der Waals surface area contributed by atoms with Gasteiger partial charge in [-0.2, -0.15) is 10.2 Å². The Morgan fingerprint density at radius 1 is 0.672 bits per heavy atom. The Balaban J connectivity index is 0.000000153. The van der Waals surface area contributed by atoms with Crippen LogP contribution in [0.15, 0.2) is 128 Å². The first-order valence-electron chi connectivity index (χ1n) is 21.5. The van der Waals surface area contributed by atoms with E-state index in [-0.39, 0.29) is 17.9 Å². The average molecular weight is 855 g/mol. The van der Waals surface area contributed by atoms with Crippen molar-refractivity contribution < 1.29 is 14.3 Å². The number of hydrogen-bond acceptors (Lipinski definition) is 10. The van der Waals surface area contributed by atoms with Gasteiger partial charge < -0.3 is 19.1 Å². The number of H-pyrrole nitrogens is 2. The molecule has 0 bridgehead atoms. The summed E-state index contributed by atoms with van der Waals surface area (Å²) in [5.41, 5.74) is 7.84. The fraction of sp³-hybridized carbons (Fsp3) is 0.255. The lowest BCUT2D eigenvalue weighted by Crippen LogP contribution is -2.42. The minimum Gasteiger partial charge on any atom is -0.380 e. The van der Waals surface area contributed by atoms with Gasteiger partial charge in [-0.1, -0.05) is 46.8 Å². The minimum absolute atomic E-state index is 0.0329. The number of aromatic nitrogens is 12. The molecule has 7 heterocycles. The molecule has 4 aromatic carbocycles. The molecule has 0 radical (unpaired) electrons. The predicted octanol–water partition coefficient (Wildman–Crippen LogP) is 6.62. The van der Waals surface area contributed by atoms with E-state index < -0.39 is 0 Å². The number of aromatic amines is 2. The van der Waals surface area contributed by atoms with Crippen molar-refractivity contribution >= 4 is 33.6 Å². The zero-order chi connectivity index (χ0) is 43.4. The molecule has 2 aliphatic heterocycles. The first-order chi connectivity index (χ1) is 31.5. The van der Waals surface area contributed by atoms with Gasteiger partial charge in [-0.25, -0.2) is 14.3 Å². The Labute approximate surface area is 367 Å². The maximum Gasteiger partial charge on any atom is 0.253 e. The molecular weight excluding hydrogens is 809 g/mol. The number of rotatable bonds is 9. The van der Waals surface area contributed by atoms with Crippen LogP contribution >= 0.6 is 0 Å². The lowest BCUT2D eigenvalue weighted by Gasteiger charge is -2.33. The standard InChI is InChI=1S/C25H24N8O.C22H22N6O2/c34-25(32-12-3-4-18(15-32)14-31-13-11-26-17-31)19-7-9-20(10-8-19)33-16-23(28-30-33)24-21-5-1-2-6-22(21)27-29-24;1-30-17-5-4-12-27(13-17)22(29)15-8-10-16(11-9-15)28-14-20(24-26-28)21-18-6-2-3-7-19(18)23-25-21/h1-2,5-11,13,16-18H,3-4,12,14-15H2,(H,27,29);2-3,6-11,14,17H,4-5,12-13H2,1H3,(H,23,25). The smallest absolute Gasteiger partial charge is 0.253 e. The fourth-order valence-corrected chi connectivity index (χ4v) is 8.60. The molecule has 5 aromatic heterocycles. The highest BCUT2D eigenvalue weighted by Gasteiger charge is 2.26. The Kier molecular flexibility index (Phi) is 11.3. The van der Waals surface area contributed by atoms with Crippen LogP contribution in [0.1, 0.15) is 46.4 Å². The molecule has 64 heavy (non-hydrogen) atoms. The summed E-state index contributed by atoms with van der Waals surface area (Å²) in [7, 11) is 1.70. The molecular formula is C47H46N14O3. The van der Waals surface area contributed by atoms with Gasteiger partial charge in [0.1, 0.15) is 22.8 Å². The molecule has 9 aromatic rings. The normalized spacial score (nSPS) is 16.5. The summed E-state index contributed by atoms with van der Waals surface area (Å²) >= 11 is 0. The molecule has 0 aliphatic carbocycles. The Morgan fingerprint density at radius 3 is 1.73 bits per heavy atom. The molecule has 17 heteroatoms. The number of methoxy groups -OCH3 is 1. The monoisotopic (exact) mass is 854 g/mol. The second kappa shape index (κ2) is 17.9. The zero-order valence-electron chi connectivity index (χ0n) is 35.2. The van der Waals surface area contributed by atoms with Gasteiger partial charge in [-0.15, -0.1) is 10.2 Å². The van der Waals surface area contributed by atoms with Crippen molar-refractivity contribution in [1.29, 1.82) is 0 Å². The number of imidazole rings is 1. The summed E-state index contributed by atoms with van der Waals surface area (Å²) in [6.07, 6.45) is 13.5. The number of carbonyl (C=O) groups excluding carboxylic acids is 2. The number of carbonyl (C=O) groups is 2. The molecule has 2 saturated heterocycles. The molecule has 2 atom stereocenters. The highest BCUT2D eigenvalue weighted by molar-refractivity contribution is 5.95. The van der Waals surface area contributed by atoms with Crippen LogP contribution in [0, 0.1) is 5.92 Å². The second-order valence-corrected chi connectivity index (χ2v) is 16.2. The Morgan fingerprint density at radius 2 is 1.20 bits per heavy atom. The minimum atomic E-state index is 0.0329. The van der Waals surface area contributed by atoms with Crippen LogP contribution < -0.4 is 0 Å². The van der Waals surface area contributed by atoms with Crippen molar-refractivity contribution in [2.75, 3.05) is 33.3 Å². The summed E-state index contributed by atoms with van der Waals surface area (Å²) in [5, 5.41) is 33.9. The highest BCUT2D eigenvalue weighted by Crippen LogP contribution is 2.27. The fourth-order valence-electron chi connectivity index (χ4n) is 8.60. The quantitative estimate of drug-likeness (QED) is 0.160. The molecule has 17 nitrogen and oxygen atoms in total. The number of hydrogen-bond donors (Lipinski definition) is 2. The van der Waals surface area contributed by atoms with Crippen molar-refractivity contribution in [2.24, 2.45) is 5.92 Å². The molecule has 2 unspecified atom stereocenters. The van der Waals surface area contributed by atoms with Crippen molar-refractivity contribution in [2.45, 2.75) is 38.3 Å². The lowest BCUT2D eigenvalue weighted by molar-refractivity contribution is 0.0269. The van der Waals surface area contributed by atoms with E-state index in [9.17, 15) is 9.59 Å². The third-order valence-corrected chi connectivity index (χ3v) is 12.0. The molecule has 2 aliphatic rings. The molecule has 2 N–H and O–H groups in total. The molecule has 2 amide bonds. The van der Waals surface area contributed by atoms with Crippen LogP contribution in [0.5, 0.6) is 0 Å². The third-order valence-electron chi connectivity index (χ3n) is 12.0. The Bertz CT molecular complexity index is 3000. The van der Waals surface area contributed by atoms with Crippen LogP contribution in [-0.2, 0) is 11.3 Å². The van der Waals surface area contributed by atoms with E-state index in [2.05, 4.69) is 50.6 Å². The summed E-state index contributed by atoms with van der Waals surface area (Å²) < 4.78 is 10.9. The van der Waals surface area contributed by atoms with E-state index in [0.717, 1.165) is 96.4 Å². The van der Waals surface area contributed by atoms with Crippen molar-refractivity contribution in [1.82, 2.24) is 69.7 Å². The highest BCUT2D eigenvalue weighted by atomic mass is 16.5. The van der Waals surface area contributed by atoms with Gasteiger partial charge in [0.25, 0.3) is 11.8 Å². The van der Waals surface area contributed by atoms with Crippen LogP contribution in [0.2, 0.25) is 0 Å². The van der Waals surface area contributed by atoms with E-state index >= 15 is 0 Å². The number of para-hydroxylation sites is 2. The second-order valence-electron chi connectivity index (χ2n) is 16.2.